The highest BCUT2D eigenvalue weighted by Gasteiger charge is 2.19. The fraction of sp³-hybridized carbons (Fsp3) is 0.294. The van der Waals surface area contributed by atoms with Crippen LogP contribution in [0, 0.1) is 0 Å². The van der Waals surface area contributed by atoms with E-state index in [1.54, 1.807) is 7.11 Å². The first-order valence-corrected chi connectivity index (χ1v) is 6.56. The molecular weight excluding hydrogens is 220 g/mol. The molecule has 92 valence electrons. The zero-order valence-electron chi connectivity index (χ0n) is 10.9. The van der Waals surface area contributed by atoms with Gasteiger partial charge in [-0.3, -0.25) is 0 Å². The van der Waals surface area contributed by atoms with Crippen molar-refractivity contribution in [2.45, 2.75) is 25.7 Å². The minimum atomic E-state index is 0.586. The highest BCUT2D eigenvalue weighted by atomic mass is 16.5. The summed E-state index contributed by atoms with van der Waals surface area (Å²) < 4.78 is 5.36. The van der Waals surface area contributed by atoms with Crippen molar-refractivity contribution in [3.05, 3.63) is 53.6 Å². The van der Waals surface area contributed by atoms with Gasteiger partial charge in [-0.25, -0.2) is 0 Å². The van der Waals surface area contributed by atoms with Crippen LogP contribution in [0.4, 0.5) is 0 Å². The van der Waals surface area contributed by atoms with Crippen LogP contribution in [0.15, 0.2) is 42.5 Å². The lowest BCUT2D eigenvalue weighted by molar-refractivity contribution is 0.414. The average molecular weight is 238 g/mol. The van der Waals surface area contributed by atoms with Crippen LogP contribution in [-0.4, -0.2) is 7.11 Å². The Balaban J connectivity index is 2.23. The van der Waals surface area contributed by atoms with Crippen LogP contribution in [0.25, 0.3) is 11.1 Å². The monoisotopic (exact) mass is 238 g/mol. The Morgan fingerprint density at radius 1 is 1.06 bits per heavy atom. The summed E-state index contributed by atoms with van der Waals surface area (Å²) in [6.45, 7) is 2.31. The van der Waals surface area contributed by atoms with Crippen molar-refractivity contribution >= 4 is 0 Å². The van der Waals surface area contributed by atoms with Gasteiger partial charge in [0.1, 0.15) is 5.75 Å². The molecule has 0 saturated carbocycles. The smallest absolute Gasteiger partial charge is 0.119 e. The Kier molecular flexibility index (Phi) is 2.83. The molecule has 18 heavy (non-hydrogen) atoms. The largest absolute Gasteiger partial charge is 0.497 e. The molecule has 0 fully saturated rings. The maximum atomic E-state index is 5.36. The van der Waals surface area contributed by atoms with Gasteiger partial charge in [0.05, 0.1) is 7.11 Å². The second kappa shape index (κ2) is 4.49. The quantitative estimate of drug-likeness (QED) is 0.715. The number of hydrogen-bond donors (Lipinski definition) is 0. The van der Waals surface area contributed by atoms with Gasteiger partial charge in [0.25, 0.3) is 0 Å². The molecular formula is C17H18O. The van der Waals surface area contributed by atoms with E-state index in [0.717, 1.165) is 12.2 Å². The molecule has 2 aromatic rings. The molecule has 0 N–H and O–H groups in total. The molecule has 1 aliphatic rings. The summed E-state index contributed by atoms with van der Waals surface area (Å²) in [6, 6.07) is 15.2. The number of ether oxygens (including phenoxy) is 1. The summed E-state index contributed by atoms with van der Waals surface area (Å²) in [4.78, 5) is 0. The van der Waals surface area contributed by atoms with Crippen molar-refractivity contribution in [1.82, 2.24) is 0 Å². The molecule has 0 amide bonds. The zero-order chi connectivity index (χ0) is 12.5. The molecule has 1 unspecified atom stereocenters. The van der Waals surface area contributed by atoms with Crippen molar-refractivity contribution in [2.75, 3.05) is 7.11 Å². The molecule has 1 heteroatoms. The second-order valence-corrected chi connectivity index (χ2v) is 5.05. The van der Waals surface area contributed by atoms with Crippen LogP contribution in [0.2, 0.25) is 0 Å². The summed E-state index contributed by atoms with van der Waals surface area (Å²) in [6.07, 6.45) is 2.37. The van der Waals surface area contributed by atoms with Crippen LogP contribution in [0.5, 0.6) is 5.75 Å². The van der Waals surface area contributed by atoms with Crippen LogP contribution in [0.3, 0.4) is 0 Å². The fourth-order valence-electron chi connectivity index (χ4n) is 2.85. The third-order valence-electron chi connectivity index (χ3n) is 3.94. The maximum absolute atomic E-state index is 5.36. The lowest BCUT2D eigenvalue weighted by Crippen LogP contribution is -1.95. The average Bonchev–Trinajstić information content (AvgIpc) is 2.57. The van der Waals surface area contributed by atoms with Crippen molar-refractivity contribution in [1.29, 1.82) is 0 Å². The van der Waals surface area contributed by atoms with Gasteiger partial charge in [0.2, 0.25) is 0 Å². The number of hydrogen-bond acceptors (Lipinski definition) is 1. The second-order valence-electron chi connectivity index (χ2n) is 5.05. The predicted octanol–water partition coefficient (Wildman–Crippen LogP) is 4.41. The Labute approximate surface area is 108 Å². The SMILES string of the molecule is COc1ccc2c(c1)C(C)CCc1ccccc1-2. The van der Waals surface area contributed by atoms with Crippen LogP contribution < -0.4 is 4.74 Å². The number of fused-ring (bicyclic) bond motifs is 3. The molecule has 0 bridgehead atoms. The maximum Gasteiger partial charge on any atom is 0.119 e. The number of rotatable bonds is 1. The molecule has 0 aromatic heterocycles. The summed E-state index contributed by atoms with van der Waals surface area (Å²) in [5.74, 6) is 1.54. The molecule has 1 nitrogen and oxygen atoms in total. The normalized spacial score (nSPS) is 17.6. The van der Waals surface area contributed by atoms with Crippen LogP contribution in [0.1, 0.15) is 30.4 Å². The van der Waals surface area contributed by atoms with E-state index >= 15 is 0 Å². The number of benzene rings is 2. The van der Waals surface area contributed by atoms with Gasteiger partial charge in [-0.1, -0.05) is 37.3 Å². The summed E-state index contributed by atoms with van der Waals surface area (Å²) in [5.41, 5.74) is 5.64. The third kappa shape index (κ3) is 1.80. The van der Waals surface area contributed by atoms with E-state index in [2.05, 4.69) is 49.4 Å². The molecule has 0 saturated heterocycles. The predicted molar refractivity (Wildman–Crippen MR) is 75.2 cm³/mol. The van der Waals surface area contributed by atoms with Crippen LogP contribution >= 0.6 is 0 Å². The van der Waals surface area contributed by atoms with Crippen molar-refractivity contribution < 1.29 is 4.74 Å². The Morgan fingerprint density at radius 3 is 2.72 bits per heavy atom. The van der Waals surface area contributed by atoms with Gasteiger partial charge in [-0.05, 0) is 53.1 Å². The molecule has 3 rings (SSSR count). The van der Waals surface area contributed by atoms with Crippen molar-refractivity contribution in [3.63, 3.8) is 0 Å². The first-order chi connectivity index (χ1) is 8.79. The number of methoxy groups -OCH3 is 1. The van der Waals surface area contributed by atoms with Crippen molar-refractivity contribution in [2.24, 2.45) is 0 Å². The first kappa shape index (κ1) is 11.3. The van der Waals surface area contributed by atoms with E-state index in [-0.39, 0.29) is 0 Å². The molecule has 1 atom stereocenters. The molecule has 1 aliphatic carbocycles. The topological polar surface area (TPSA) is 9.23 Å². The first-order valence-electron chi connectivity index (χ1n) is 6.56. The molecule has 2 aromatic carbocycles. The lowest BCUT2D eigenvalue weighted by atomic mass is 9.92. The third-order valence-corrected chi connectivity index (χ3v) is 3.94. The zero-order valence-corrected chi connectivity index (χ0v) is 10.9. The highest BCUT2D eigenvalue weighted by Crippen LogP contribution is 2.39. The Hall–Kier alpha value is -1.76. The van der Waals surface area contributed by atoms with Crippen molar-refractivity contribution in [3.8, 4) is 16.9 Å². The Bertz CT molecular complexity index is 572. The van der Waals surface area contributed by atoms with E-state index in [1.165, 1.54) is 28.7 Å². The minimum Gasteiger partial charge on any atom is -0.497 e. The van der Waals surface area contributed by atoms with E-state index in [9.17, 15) is 0 Å². The summed E-state index contributed by atoms with van der Waals surface area (Å²) >= 11 is 0. The van der Waals surface area contributed by atoms with E-state index in [4.69, 9.17) is 4.74 Å². The van der Waals surface area contributed by atoms with Gasteiger partial charge in [0, 0.05) is 0 Å². The van der Waals surface area contributed by atoms with E-state index < -0.39 is 0 Å². The highest BCUT2D eigenvalue weighted by molar-refractivity contribution is 5.73. The summed E-state index contributed by atoms with van der Waals surface area (Å²) in [7, 11) is 1.73. The van der Waals surface area contributed by atoms with Gasteiger partial charge in [0.15, 0.2) is 0 Å². The molecule has 0 radical (unpaired) electrons. The van der Waals surface area contributed by atoms with Crippen LogP contribution in [-0.2, 0) is 6.42 Å². The standard InChI is InChI=1S/C17H18O/c1-12-7-8-13-5-3-4-6-15(13)16-10-9-14(18-2)11-17(12)16/h3-6,9-12H,7-8H2,1-2H3. The minimum absolute atomic E-state index is 0.586. The van der Waals surface area contributed by atoms with Gasteiger partial charge in [-0.2, -0.15) is 0 Å². The molecule has 0 spiro atoms. The van der Waals surface area contributed by atoms with E-state index in [1.807, 2.05) is 0 Å². The Morgan fingerprint density at radius 2 is 1.89 bits per heavy atom. The van der Waals surface area contributed by atoms with Gasteiger partial charge >= 0.3 is 0 Å². The molecule has 0 aliphatic heterocycles. The number of aryl methyl sites for hydroxylation is 1. The fourth-order valence-corrected chi connectivity index (χ4v) is 2.85. The van der Waals surface area contributed by atoms with Gasteiger partial charge in [-0.15, -0.1) is 0 Å². The summed E-state index contributed by atoms with van der Waals surface area (Å²) in [5, 5.41) is 0. The lowest BCUT2D eigenvalue weighted by Gasteiger charge is -2.14. The van der Waals surface area contributed by atoms with E-state index in [0.29, 0.717) is 5.92 Å². The van der Waals surface area contributed by atoms with Gasteiger partial charge < -0.3 is 4.74 Å². The molecule has 0 heterocycles.